The molecule has 0 aromatic heterocycles. The zero-order valence-corrected chi connectivity index (χ0v) is 7.82. The second-order valence-electron chi connectivity index (χ2n) is 2.92. The molecule has 1 aromatic carbocycles. The summed E-state index contributed by atoms with van der Waals surface area (Å²) in [7, 11) is 0. The molecule has 72 valence electrons. The van der Waals surface area contributed by atoms with Crippen LogP contribution in [0.15, 0.2) is 24.3 Å². The second-order valence-corrected chi connectivity index (χ2v) is 2.92. The topological polar surface area (TPSA) is 49.3 Å². The van der Waals surface area contributed by atoms with Gasteiger partial charge in [0.1, 0.15) is 0 Å². The molecule has 0 spiro atoms. The molecule has 0 radical (unpaired) electrons. The molecular weight excluding hydrogens is 178 g/mol. The van der Waals surface area contributed by atoms with E-state index in [4.69, 9.17) is 11.5 Å². The lowest BCUT2D eigenvalue weighted by atomic mass is 10.2. The van der Waals surface area contributed by atoms with Crippen molar-refractivity contribution in [1.82, 2.24) is 0 Å². The van der Waals surface area contributed by atoms with Gasteiger partial charge in [-0.25, -0.2) is 4.79 Å². The fourth-order valence-corrected chi connectivity index (χ4v) is 1.00. The first-order valence-corrected chi connectivity index (χ1v) is 4.19. The Hall–Kier alpha value is -1.95. The number of rotatable bonds is 3. The fraction of sp³-hybridized carbons (Fsp3) is 0.182. The van der Waals surface area contributed by atoms with Crippen LogP contribution < -0.4 is 5.32 Å². The van der Waals surface area contributed by atoms with E-state index in [0.29, 0.717) is 0 Å². The van der Waals surface area contributed by atoms with Gasteiger partial charge in [0.25, 0.3) is 0 Å². The summed E-state index contributed by atoms with van der Waals surface area (Å²) in [6.07, 6.45) is 5.19. The Morgan fingerprint density at radius 2 is 2.07 bits per heavy atom. The van der Waals surface area contributed by atoms with Crippen LogP contribution in [0.1, 0.15) is 17.3 Å². The zero-order valence-electron chi connectivity index (χ0n) is 7.82. The van der Waals surface area contributed by atoms with Crippen molar-refractivity contribution in [3.8, 4) is 12.3 Å². The van der Waals surface area contributed by atoms with Gasteiger partial charge in [-0.1, -0.05) is 5.92 Å². The number of anilines is 1. The number of carboxylic acid groups (broad SMARTS) is 1. The highest BCUT2D eigenvalue weighted by atomic mass is 16.4. The Bertz CT molecular complexity index is 362. The molecule has 3 nitrogen and oxygen atoms in total. The lowest BCUT2D eigenvalue weighted by Crippen LogP contribution is -2.11. The van der Waals surface area contributed by atoms with E-state index in [1.165, 1.54) is 12.1 Å². The van der Waals surface area contributed by atoms with Gasteiger partial charge in [-0.3, -0.25) is 0 Å². The van der Waals surface area contributed by atoms with Crippen molar-refractivity contribution < 1.29 is 9.90 Å². The summed E-state index contributed by atoms with van der Waals surface area (Å²) >= 11 is 0. The minimum Gasteiger partial charge on any atom is -0.478 e. The first-order chi connectivity index (χ1) is 6.63. The van der Waals surface area contributed by atoms with E-state index in [2.05, 4.69) is 11.2 Å². The molecule has 0 fully saturated rings. The quantitative estimate of drug-likeness (QED) is 0.713. The van der Waals surface area contributed by atoms with Crippen molar-refractivity contribution in [2.24, 2.45) is 0 Å². The van der Waals surface area contributed by atoms with Crippen LogP contribution in [0.3, 0.4) is 0 Å². The van der Waals surface area contributed by atoms with Crippen LogP contribution in [0.5, 0.6) is 0 Å². The van der Waals surface area contributed by atoms with Crippen LogP contribution >= 0.6 is 0 Å². The smallest absolute Gasteiger partial charge is 0.335 e. The molecule has 14 heavy (non-hydrogen) atoms. The molecule has 3 heteroatoms. The zero-order chi connectivity index (χ0) is 10.6. The van der Waals surface area contributed by atoms with E-state index in [1.807, 2.05) is 6.92 Å². The summed E-state index contributed by atoms with van der Waals surface area (Å²) in [6.45, 7) is 1.85. The molecular formula is C11H11NO2. The van der Waals surface area contributed by atoms with Gasteiger partial charge in [0.2, 0.25) is 0 Å². The molecule has 0 aliphatic heterocycles. The average molecular weight is 189 g/mol. The summed E-state index contributed by atoms with van der Waals surface area (Å²) in [4.78, 5) is 10.5. The number of carboxylic acids is 1. The van der Waals surface area contributed by atoms with Gasteiger partial charge in [-0.2, -0.15) is 0 Å². The predicted octanol–water partition coefficient (Wildman–Crippen LogP) is 1.82. The summed E-state index contributed by atoms with van der Waals surface area (Å²) in [5.74, 6) is 1.59. The fourth-order valence-electron chi connectivity index (χ4n) is 1.00. The molecule has 0 aliphatic carbocycles. The van der Waals surface area contributed by atoms with E-state index >= 15 is 0 Å². The van der Waals surface area contributed by atoms with Crippen LogP contribution in [0.25, 0.3) is 0 Å². The Morgan fingerprint density at radius 3 is 2.50 bits per heavy atom. The summed E-state index contributed by atoms with van der Waals surface area (Å²) in [6, 6.07) is 6.39. The van der Waals surface area contributed by atoms with Gasteiger partial charge in [-0.05, 0) is 31.2 Å². The second kappa shape index (κ2) is 4.33. The summed E-state index contributed by atoms with van der Waals surface area (Å²) in [5.41, 5.74) is 1.09. The number of hydrogen-bond donors (Lipinski definition) is 2. The highest BCUT2D eigenvalue weighted by Gasteiger charge is 2.02. The van der Waals surface area contributed by atoms with Crippen LogP contribution in [0.4, 0.5) is 5.69 Å². The van der Waals surface area contributed by atoms with Crippen molar-refractivity contribution in [3.63, 3.8) is 0 Å². The summed E-state index contributed by atoms with van der Waals surface area (Å²) in [5, 5.41) is 11.7. The highest BCUT2D eigenvalue weighted by molar-refractivity contribution is 5.88. The third-order valence-corrected chi connectivity index (χ3v) is 1.77. The Labute approximate surface area is 82.8 Å². The molecule has 1 rings (SSSR count). The molecule has 0 saturated carbocycles. The van der Waals surface area contributed by atoms with Gasteiger partial charge < -0.3 is 10.4 Å². The maximum absolute atomic E-state index is 10.5. The maximum atomic E-state index is 10.5. The van der Waals surface area contributed by atoms with E-state index in [0.717, 1.165) is 5.69 Å². The van der Waals surface area contributed by atoms with Crippen molar-refractivity contribution >= 4 is 11.7 Å². The first-order valence-electron chi connectivity index (χ1n) is 4.19. The number of nitrogens with one attached hydrogen (secondary N) is 1. The van der Waals surface area contributed by atoms with E-state index < -0.39 is 5.97 Å². The number of terminal acetylenes is 1. The van der Waals surface area contributed by atoms with E-state index in [-0.39, 0.29) is 11.6 Å². The standard InChI is InChI=1S/C11H11NO2/c1-3-8(2)12-10-6-4-9(5-7-10)11(13)14/h1,4-8,12H,2H3,(H,13,14). The van der Waals surface area contributed by atoms with Crippen molar-refractivity contribution in [3.05, 3.63) is 29.8 Å². The van der Waals surface area contributed by atoms with Crippen LogP contribution in [-0.4, -0.2) is 17.1 Å². The van der Waals surface area contributed by atoms with Crippen LogP contribution in [0.2, 0.25) is 0 Å². The minimum absolute atomic E-state index is 0.0642. The van der Waals surface area contributed by atoms with Gasteiger partial charge in [0, 0.05) is 5.69 Å². The molecule has 2 N–H and O–H groups in total. The largest absolute Gasteiger partial charge is 0.478 e. The molecule has 1 aromatic rings. The number of carbonyl (C=O) groups is 1. The van der Waals surface area contributed by atoms with E-state index in [1.54, 1.807) is 12.1 Å². The SMILES string of the molecule is C#CC(C)Nc1ccc(C(=O)O)cc1. The molecule has 0 amide bonds. The molecule has 0 heterocycles. The predicted molar refractivity (Wildman–Crippen MR) is 55.3 cm³/mol. The van der Waals surface area contributed by atoms with Gasteiger partial charge in [0.05, 0.1) is 11.6 Å². The van der Waals surface area contributed by atoms with Gasteiger partial charge >= 0.3 is 5.97 Å². The number of aromatic carboxylic acids is 1. The monoisotopic (exact) mass is 189 g/mol. The van der Waals surface area contributed by atoms with Gasteiger partial charge in [-0.15, -0.1) is 6.42 Å². The first kappa shape index (κ1) is 10.1. The van der Waals surface area contributed by atoms with Crippen LogP contribution in [-0.2, 0) is 0 Å². The molecule has 0 saturated heterocycles. The highest BCUT2D eigenvalue weighted by Crippen LogP contribution is 2.10. The minimum atomic E-state index is -0.929. The third-order valence-electron chi connectivity index (χ3n) is 1.77. The maximum Gasteiger partial charge on any atom is 0.335 e. The van der Waals surface area contributed by atoms with E-state index in [9.17, 15) is 4.79 Å². The lowest BCUT2D eigenvalue weighted by Gasteiger charge is -2.08. The Morgan fingerprint density at radius 1 is 1.50 bits per heavy atom. The lowest BCUT2D eigenvalue weighted by molar-refractivity contribution is 0.0697. The molecule has 1 unspecified atom stereocenters. The van der Waals surface area contributed by atoms with Gasteiger partial charge in [0.15, 0.2) is 0 Å². The Kier molecular flexibility index (Phi) is 3.14. The number of benzene rings is 1. The summed E-state index contributed by atoms with van der Waals surface area (Å²) < 4.78 is 0. The van der Waals surface area contributed by atoms with Crippen molar-refractivity contribution in [2.75, 3.05) is 5.32 Å². The average Bonchev–Trinajstić information content (AvgIpc) is 2.18. The molecule has 1 atom stereocenters. The van der Waals surface area contributed by atoms with Crippen molar-refractivity contribution in [2.45, 2.75) is 13.0 Å². The van der Waals surface area contributed by atoms with Crippen LogP contribution in [0, 0.1) is 12.3 Å². The normalized spacial score (nSPS) is 11.4. The number of hydrogen-bond acceptors (Lipinski definition) is 2. The third kappa shape index (κ3) is 2.53. The Balaban J connectivity index is 2.75. The molecule has 0 bridgehead atoms. The molecule has 0 aliphatic rings. The van der Waals surface area contributed by atoms with Crippen molar-refractivity contribution in [1.29, 1.82) is 0 Å².